The lowest BCUT2D eigenvalue weighted by Gasteiger charge is -2.33. The van der Waals surface area contributed by atoms with Gasteiger partial charge in [-0.15, -0.1) is 0 Å². The molecule has 0 amide bonds. The fraction of sp³-hybridized carbons (Fsp3) is 0.720. The molecule has 2 fully saturated rings. The van der Waals surface area contributed by atoms with Crippen LogP contribution in [0.1, 0.15) is 69.9 Å². The Bertz CT molecular complexity index is 646. The zero-order chi connectivity index (χ0) is 21.3. The van der Waals surface area contributed by atoms with Crippen molar-refractivity contribution >= 4 is 5.96 Å². The number of likely N-dealkylation sites (tertiary alicyclic amines) is 1. The van der Waals surface area contributed by atoms with Gasteiger partial charge < -0.3 is 15.7 Å². The summed E-state index contributed by atoms with van der Waals surface area (Å²) in [6.45, 7) is 8.41. The van der Waals surface area contributed by atoms with E-state index in [1.165, 1.54) is 43.2 Å². The Labute approximate surface area is 183 Å². The third-order valence-electron chi connectivity index (χ3n) is 7.22. The van der Waals surface area contributed by atoms with Gasteiger partial charge in [-0.2, -0.15) is 0 Å². The fourth-order valence-corrected chi connectivity index (χ4v) is 4.89. The fourth-order valence-electron chi connectivity index (χ4n) is 4.89. The largest absolute Gasteiger partial charge is 0.393 e. The lowest BCUT2D eigenvalue weighted by atomic mass is 9.78. The second-order valence-electron chi connectivity index (χ2n) is 9.44. The number of hydrogen-bond donors (Lipinski definition) is 3. The van der Waals surface area contributed by atoms with Crippen molar-refractivity contribution in [2.24, 2.45) is 16.8 Å². The highest BCUT2D eigenvalue weighted by atomic mass is 16.3. The number of rotatable bonds is 7. The second kappa shape index (κ2) is 11.7. The van der Waals surface area contributed by atoms with Gasteiger partial charge in [0, 0.05) is 39.3 Å². The highest BCUT2D eigenvalue weighted by Gasteiger charge is 2.25. The van der Waals surface area contributed by atoms with Crippen molar-refractivity contribution in [3.63, 3.8) is 0 Å². The zero-order valence-electron chi connectivity index (χ0n) is 19.2. The molecule has 30 heavy (non-hydrogen) atoms. The third-order valence-corrected chi connectivity index (χ3v) is 7.22. The minimum Gasteiger partial charge on any atom is -0.393 e. The van der Waals surface area contributed by atoms with E-state index in [1.807, 2.05) is 7.05 Å². The summed E-state index contributed by atoms with van der Waals surface area (Å²) in [6, 6.07) is 9.30. The van der Waals surface area contributed by atoms with Gasteiger partial charge in [0.2, 0.25) is 0 Å². The number of hydrogen-bond acceptors (Lipinski definition) is 3. The first kappa shape index (κ1) is 23.1. The topological polar surface area (TPSA) is 59.9 Å². The number of nitrogens with one attached hydrogen (secondary N) is 2. The first-order valence-corrected chi connectivity index (χ1v) is 12.0. The molecule has 1 saturated heterocycles. The summed E-state index contributed by atoms with van der Waals surface area (Å²) in [6.07, 6.45) is 8.64. The summed E-state index contributed by atoms with van der Waals surface area (Å²) in [5, 5.41) is 16.8. The highest BCUT2D eigenvalue weighted by Crippen LogP contribution is 2.31. The van der Waals surface area contributed by atoms with Crippen molar-refractivity contribution in [2.75, 3.05) is 20.1 Å². The van der Waals surface area contributed by atoms with Gasteiger partial charge in [0.25, 0.3) is 0 Å². The van der Waals surface area contributed by atoms with Crippen LogP contribution >= 0.6 is 0 Å². The Kier molecular flexibility index (Phi) is 9.01. The SMILES string of the molecule is CN=C(NCc1ccc(CN2CCC(O)CC2)cc1)NC(C)C(C)C1CCCCC1. The number of aliphatic hydroxyl groups excluding tert-OH is 1. The smallest absolute Gasteiger partial charge is 0.191 e. The van der Waals surface area contributed by atoms with Gasteiger partial charge in [-0.05, 0) is 42.7 Å². The quantitative estimate of drug-likeness (QED) is 0.468. The van der Waals surface area contributed by atoms with Crippen molar-refractivity contribution in [1.29, 1.82) is 0 Å². The van der Waals surface area contributed by atoms with E-state index in [1.54, 1.807) is 0 Å². The number of aliphatic imine (C=N–C) groups is 1. The molecule has 0 radical (unpaired) electrons. The van der Waals surface area contributed by atoms with Crippen LogP contribution in [0.4, 0.5) is 0 Å². The number of nitrogens with zero attached hydrogens (tertiary/aromatic N) is 2. The van der Waals surface area contributed by atoms with Crippen LogP contribution in [0, 0.1) is 11.8 Å². The maximum absolute atomic E-state index is 9.66. The van der Waals surface area contributed by atoms with Crippen LogP contribution in [-0.4, -0.2) is 48.2 Å². The molecule has 1 aromatic rings. The van der Waals surface area contributed by atoms with E-state index in [-0.39, 0.29) is 6.10 Å². The Morgan fingerprint density at radius 3 is 2.30 bits per heavy atom. The molecule has 1 aliphatic heterocycles. The minimum atomic E-state index is -0.105. The predicted molar refractivity (Wildman–Crippen MR) is 125 cm³/mol. The number of aliphatic hydroxyl groups is 1. The molecule has 5 nitrogen and oxygen atoms in total. The van der Waals surface area contributed by atoms with Crippen LogP contribution in [0.15, 0.2) is 29.3 Å². The van der Waals surface area contributed by atoms with Crippen LogP contribution in [0.3, 0.4) is 0 Å². The van der Waals surface area contributed by atoms with E-state index in [0.29, 0.717) is 12.0 Å². The summed E-state index contributed by atoms with van der Waals surface area (Å²) in [5.74, 6) is 2.40. The molecule has 0 bridgehead atoms. The van der Waals surface area contributed by atoms with Crippen LogP contribution < -0.4 is 10.6 Å². The Morgan fingerprint density at radius 1 is 1.03 bits per heavy atom. The van der Waals surface area contributed by atoms with Crippen molar-refractivity contribution < 1.29 is 5.11 Å². The van der Waals surface area contributed by atoms with Crippen molar-refractivity contribution in [3.8, 4) is 0 Å². The number of guanidine groups is 1. The Balaban J connectivity index is 1.43. The van der Waals surface area contributed by atoms with E-state index in [0.717, 1.165) is 50.9 Å². The standard InChI is InChI=1S/C25H42N4O/c1-19(23-7-5-4-6-8-23)20(2)28-25(26-3)27-17-21-9-11-22(12-10-21)18-29-15-13-24(30)14-16-29/h9-12,19-20,23-24,30H,4-8,13-18H2,1-3H3,(H2,26,27,28). The number of piperidine rings is 1. The van der Waals surface area contributed by atoms with Gasteiger partial charge in [-0.25, -0.2) is 0 Å². The second-order valence-corrected chi connectivity index (χ2v) is 9.44. The molecule has 3 rings (SSSR count). The Hall–Kier alpha value is -1.59. The molecule has 1 saturated carbocycles. The summed E-state index contributed by atoms with van der Waals surface area (Å²) in [5.41, 5.74) is 2.61. The summed E-state index contributed by atoms with van der Waals surface area (Å²) in [4.78, 5) is 6.87. The highest BCUT2D eigenvalue weighted by molar-refractivity contribution is 5.79. The summed E-state index contributed by atoms with van der Waals surface area (Å²) in [7, 11) is 1.85. The average Bonchev–Trinajstić information content (AvgIpc) is 2.79. The van der Waals surface area contributed by atoms with Crippen molar-refractivity contribution in [1.82, 2.24) is 15.5 Å². The van der Waals surface area contributed by atoms with Gasteiger partial charge in [-0.3, -0.25) is 9.89 Å². The molecular weight excluding hydrogens is 372 g/mol. The van der Waals surface area contributed by atoms with Crippen molar-refractivity contribution in [2.45, 2.75) is 84.0 Å². The van der Waals surface area contributed by atoms with E-state index in [9.17, 15) is 5.11 Å². The molecule has 0 aromatic heterocycles. The minimum absolute atomic E-state index is 0.105. The summed E-state index contributed by atoms with van der Waals surface area (Å²) < 4.78 is 0. The molecule has 1 aliphatic carbocycles. The molecule has 5 heteroatoms. The average molecular weight is 415 g/mol. The Morgan fingerprint density at radius 2 is 1.67 bits per heavy atom. The molecule has 2 unspecified atom stereocenters. The van der Waals surface area contributed by atoms with E-state index in [4.69, 9.17) is 0 Å². The van der Waals surface area contributed by atoms with Crippen LogP contribution in [0.25, 0.3) is 0 Å². The molecule has 2 aliphatic rings. The van der Waals surface area contributed by atoms with Crippen molar-refractivity contribution in [3.05, 3.63) is 35.4 Å². The molecular formula is C25H42N4O. The number of benzene rings is 1. The van der Waals surface area contributed by atoms with E-state index >= 15 is 0 Å². The normalized spacial score (nSPS) is 21.9. The molecule has 3 N–H and O–H groups in total. The third kappa shape index (κ3) is 6.98. The zero-order valence-corrected chi connectivity index (χ0v) is 19.2. The predicted octanol–water partition coefficient (Wildman–Crippen LogP) is 3.91. The lowest BCUT2D eigenvalue weighted by molar-refractivity contribution is 0.0792. The van der Waals surface area contributed by atoms with Crippen LogP contribution in [0.5, 0.6) is 0 Å². The van der Waals surface area contributed by atoms with E-state index in [2.05, 4.69) is 58.6 Å². The lowest BCUT2D eigenvalue weighted by Crippen LogP contribution is -2.46. The van der Waals surface area contributed by atoms with Gasteiger partial charge in [0.15, 0.2) is 5.96 Å². The maximum Gasteiger partial charge on any atom is 0.191 e. The molecule has 168 valence electrons. The first-order chi connectivity index (χ1) is 14.5. The first-order valence-electron chi connectivity index (χ1n) is 12.0. The maximum atomic E-state index is 9.66. The van der Waals surface area contributed by atoms with Gasteiger partial charge in [0.05, 0.1) is 6.10 Å². The van der Waals surface area contributed by atoms with Gasteiger partial charge >= 0.3 is 0 Å². The van der Waals surface area contributed by atoms with Crippen LogP contribution in [-0.2, 0) is 13.1 Å². The summed E-state index contributed by atoms with van der Waals surface area (Å²) >= 11 is 0. The molecule has 0 spiro atoms. The monoisotopic (exact) mass is 414 g/mol. The molecule has 2 atom stereocenters. The molecule has 1 aromatic carbocycles. The van der Waals surface area contributed by atoms with E-state index < -0.39 is 0 Å². The van der Waals surface area contributed by atoms with Crippen LogP contribution in [0.2, 0.25) is 0 Å². The van der Waals surface area contributed by atoms with Gasteiger partial charge in [-0.1, -0.05) is 63.3 Å². The molecule has 1 heterocycles. The van der Waals surface area contributed by atoms with Gasteiger partial charge in [0.1, 0.15) is 0 Å².